The number of rotatable bonds is 6. The lowest BCUT2D eigenvalue weighted by Gasteiger charge is -2.06. The van der Waals surface area contributed by atoms with Crippen LogP contribution in [0.5, 0.6) is 0 Å². The summed E-state index contributed by atoms with van der Waals surface area (Å²) in [6.07, 6.45) is -3.54. The third-order valence-electron chi connectivity index (χ3n) is 2.90. The predicted octanol–water partition coefficient (Wildman–Crippen LogP) is 4.89. The highest BCUT2D eigenvalue weighted by molar-refractivity contribution is 9.09. The van der Waals surface area contributed by atoms with E-state index in [4.69, 9.17) is 9.36 Å². The average molecular weight is 391 g/mol. The zero-order valence-electron chi connectivity index (χ0n) is 12.2. The molecule has 2 aromatic rings. The van der Waals surface area contributed by atoms with E-state index in [0.29, 0.717) is 34.7 Å². The second-order valence-electron chi connectivity index (χ2n) is 4.66. The summed E-state index contributed by atoms with van der Waals surface area (Å²) in [4.78, 5) is 5.10. The summed E-state index contributed by atoms with van der Waals surface area (Å²) in [6.45, 7) is 2.44. The van der Waals surface area contributed by atoms with Gasteiger partial charge in [-0.1, -0.05) is 45.3 Å². The lowest BCUT2D eigenvalue weighted by atomic mass is 10.1. The highest BCUT2D eigenvalue weighted by atomic mass is 79.9. The van der Waals surface area contributed by atoms with Gasteiger partial charge >= 0.3 is 6.18 Å². The van der Waals surface area contributed by atoms with Crippen LogP contribution in [0.1, 0.15) is 24.7 Å². The van der Waals surface area contributed by atoms with E-state index in [1.807, 2.05) is 6.92 Å². The van der Waals surface area contributed by atoms with Gasteiger partial charge in [0.05, 0.1) is 10.9 Å². The zero-order chi connectivity index (χ0) is 16.9. The van der Waals surface area contributed by atoms with Crippen LogP contribution in [-0.4, -0.2) is 22.8 Å². The molecule has 2 rings (SSSR count). The van der Waals surface area contributed by atoms with E-state index in [1.54, 1.807) is 6.07 Å². The normalized spacial score (nSPS) is 12.5. The van der Waals surface area contributed by atoms with E-state index in [9.17, 15) is 13.2 Å². The molecule has 0 N–H and O–H groups in total. The molecular formula is C15H14BrF3N2O2. The highest BCUT2D eigenvalue weighted by Gasteiger charge is 2.30. The molecule has 0 bridgehead atoms. The number of halogens is 4. The van der Waals surface area contributed by atoms with Crippen LogP contribution < -0.4 is 0 Å². The Morgan fingerprint density at radius 3 is 2.57 bits per heavy atom. The SMILES string of the molecule is CCCON=C(CBr)c1cc(-c2ccc(C(F)(F)F)cc2)no1. The minimum atomic E-state index is -4.36. The smallest absolute Gasteiger partial charge is 0.395 e. The van der Waals surface area contributed by atoms with Gasteiger partial charge in [-0.3, -0.25) is 0 Å². The van der Waals surface area contributed by atoms with Crippen molar-refractivity contribution in [2.75, 3.05) is 11.9 Å². The standard InChI is InChI=1S/C15H14BrF3N2O2/c1-2-7-22-20-13(9-16)14-8-12(21-23-14)10-3-5-11(6-4-10)15(17,18)19/h3-6,8H,2,7,9H2,1H3. The number of benzene rings is 1. The molecule has 0 radical (unpaired) electrons. The molecule has 1 aromatic heterocycles. The Kier molecular flexibility index (Phi) is 5.81. The third-order valence-corrected chi connectivity index (χ3v) is 3.43. The van der Waals surface area contributed by atoms with Gasteiger partial charge in [-0.05, 0) is 18.6 Å². The molecular weight excluding hydrogens is 377 g/mol. The molecule has 0 saturated heterocycles. The van der Waals surface area contributed by atoms with E-state index >= 15 is 0 Å². The lowest BCUT2D eigenvalue weighted by molar-refractivity contribution is -0.137. The number of hydrogen-bond donors (Lipinski definition) is 0. The van der Waals surface area contributed by atoms with Gasteiger partial charge in [0, 0.05) is 11.6 Å². The minimum absolute atomic E-state index is 0.396. The van der Waals surface area contributed by atoms with Gasteiger partial charge in [0.2, 0.25) is 0 Å². The number of alkyl halides is 4. The van der Waals surface area contributed by atoms with Gasteiger partial charge in [-0.15, -0.1) is 0 Å². The third kappa shape index (κ3) is 4.57. The van der Waals surface area contributed by atoms with Crippen LogP contribution in [-0.2, 0) is 11.0 Å². The minimum Gasteiger partial charge on any atom is -0.395 e. The van der Waals surface area contributed by atoms with Crippen LogP contribution in [0.3, 0.4) is 0 Å². The summed E-state index contributed by atoms with van der Waals surface area (Å²) in [7, 11) is 0. The second-order valence-corrected chi connectivity index (χ2v) is 5.22. The predicted molar refractivity (Wildman–Crippen MR) is 83.5 cm³/mol. The van der Waals surface area contributed by atoms with E-state index in [2.05, 4.69) is 26.2 Å². The Labute approximate surface area is 139 Å². The van der Waals surface area contributed by atoms with E-state index in [0.717, 1.165) is 18.6 Å². The molecule has 124 valence electrons. The first kappa shape index (κ1) is 17.5. The van der Waals surface area contributed by atoms with Gasteiger partial charge in [-0.25, -0.2) is 0 Å². The quantitative estimate of drug-likeness (QED) is 0.305. The van der Waals surface area contributed by atoms with Crippen LogP contribution in [0, 0.1) is 0 Å². The first-order valence-electron chi connectivity index (χ1n) is 6.85. The molecule has 0 unspecified atom stereocenters. The van der Waals surface area contributed by atoms with Gasteiger partial charge in [-0.2, -0.15) is 13.2 Å². The maximum absolute atomic E-state index is 12.6. The molecule has 0 aliphatic heterocycles. The molecule has 0 amide bonds. The highest BCUT2D eigenvalue weighted by Crippen LogP contribution is 2.30. The fourth-order valence-corrected chi connectivity index (χ4v) is 2.11. The number of hydrogen-bond acceptors (Lipinski definition) is 4. The van der Waals surface area contributed by atoms with E-state index < -0.39 is 11.7 Å². The summed E-state index contributed by atoms with van der Waals surface area (Å²) >= 11 is 3.28. The van der Waals surface area contributed by atoms with Crippen LogP contribution in [0.2, 0.25) is 0 Å². The van der Waals surface area contributed by atoms with E-state index in [1.165, 1.54) is 12.1 Å². The van der Waals surface area contributed by atoms with Gasteiger partial charge in [0.1, 0.15) is 18.0 Å². The van der Waals surface area contributed by atoms with Gasteiger partial charge in [0.25, 0.3) is 0 Å². The summed E-state index contributed by atoms with van der Waals surface area (Å²) in [5.41, 5.74) is 0.763. The zero-order valence-corrected chi connectivity index (χ0v) is 13.8. The van der Waals surface area contributed by atoms with Crippen molar-refractivity contribution in [2.45, 2.75) is 19.5 Å². The van der Waals surface area contributed by atoms with Gasteiger partial charge in [0.15, 0.2) is 5.76 Å². The van der Waals surface area contributed by atoms with Crippen LogP contribution in [0.4, 0.5) is 13.2 Å². The second kappa shape index (κ2) is 7.63. The topological polar surface area (TPSA) is 47.6 Å². The molecule has 0 fully saturated rings. The first-order valence-corrected chi connectivity index (χ1v) is 7.97. The Balaban J connectivity index is 2.19. The fourth-order valence-electron chi connectivity index (χ4n) is 1.73. The van der Waals surface area contributed by atoms with Crippen molar-refractivity contribution in [1.82, 2.24) is 5.16 Å². The summed E-state index contributed by atoms with van der Waals surface area (Å²) < 4.78 is 42.9. The van der Waals surface area contributed by atoms with Crippen LogP contribution in [0.15, 0.2) is 40.0 Å². The van der Waals surface area contributed by atoms with Crippen molar-refractivity contribution in [3.05, 3.63) is 41.7 Å². The van der Waals surface area contributed by atoms with E-state index in [-0.39, 0.29) is 0 Å². The summed E-state index contributed by atoms with van der Waals surface area (Å²) in [5, 5.41) is 8.21. The van der Waals surface area contributed by atoms with Crippen molar-refractivity contribution in [3.8, 4) is 11.3 Å². The molecule has 0 spiro atoms. The molecule has 8 heteroatoms. The number of oxime groups is 1. The van der Waals surface area contributed by atoms with Crippen molar-refractivity contribution in [3.63, 3.8) is 0 Å². The Morgan fingerprint density at radius 1 is 1.30 bits per heavy atom. The van der Waals surface area contributed by atoms with Crippen molar-refractivity contribution in [2.24, 2.45) is 5.16 Å². The number of nitrogens with zero attached hydrogens (tertiary/aromatic N) is 2. The molecule has 0 saturated carbocycles. The molecule has 23 heavy (non-hydrogen) atoms. The van der Waals surface area contributed by atoms with Crippen molar-refractivity contribution < 1.29 is 22.5 Å². The number of aromatic nitrogens is 1. The molecule has 0 aliphatic rings. The first-order chi connectivity index (χ1) is 11.0. The molecule has 1 aromatic carbocycles. The van der Waals surface area contributed by atoms with Crippen LogP contribution in [0.25, 0.3) is 11.3 Å². The summed E-state index contributed by atoms with van der Waals surface area (Å²) in [5.74, 6) is 0.396. The molecule has 0 aliphatic carbocycles. The molecule has 1 heterocycles. The van der Waals surface area contributed by atoms with Crippen molar-refractivity contribution >= 4 is 21.6 Å². The van der Waals surface area contributed by atoms with Crippen LogP contribution >= 0.6 is 15.9 Å². The Hall–Kier alpha value is -1.83. The fraction of sp³-hybridized carbons (Fsp3) is 0.333. The Bertz CT molecular complexity index is 666. The molecule has 4 nitrogen and oxygen atoms in total. The molecule has 0 atom stereocenters. The van der Waals surface area contributed by atoms with Gasteiger partial charge < -0.3 is 9.36 Å². The Morgan fingerprint density at radius 2 is 2.00 bits per heavy atom. The maximum Gasteiger partial charge on any atom is 0.416 e. The maximum atomic E-state index is 12.6. The average Bonchev–Trinajstić information content (AvgIpc) is 3.01. The van der Waals surface area contributed by atoms with Crippen molar-refractivity contribution in [1.29, 1.82) is 0 Å². The monoisotopic (exact) mass is 390 g/mol. The summed E-state index contributed by atoms with van der Waals surface area (Å²) in [6, 6.07) is 6.32. The lowest BCUT2D eigenvalue weighted by Crippen LogP contribution is -2.04. The largest absolute Gasteiger partial charge is 0.416 e.